The average Bonchev–Trinajstić information content (AvgIpc) is 3.15. The molecule has 0 radical (unpaired) electrons. The summed E-state index contributed by atoms with van der Waals surface area (Å²) in [5.41, 5.74) is 1.47. The van der Waals surface area contributed by atoms with Gasteiger partial charge >= 0.3 is 0 Å². The smallest absolute Gasteiger partial charge is 0.0473 e. The standard InChI is InChI=1S/C18H28N2/c1-13(2)17-12-20(11-16-9-14(16)3)18(10-19-17)15-7-5-4-6-8-15/h4-8,13-14,16-19H,9-12H2,1-3H3. The summed E-state index contributed by atoms with van der Waals surface area (Å²) in [4.78, 5) is 2.74. The van der Waals surface area contributed by atoms with Gasteiger partial charge < -0.3 is 5.32 Å². The Morgan fingerprint density at radius 3 is 2.55 bits per heavy atom. The zero-order valence-corrected chi connectivity index (χ0v) is 13.0. The molecule has 2 heteroatoms. The molecule has 2 fully saturated rings. The van der Waals surface area contributed by atoms with Gasteiger partial charge in [0.15, 0.2) is 0 Å². The lowest BCUT2D eigenvalue weighted by Crippen LogP contribution is -2.54. The predicted molar refractivity (Wildman–Crippen MR) is 84.7 cm³/mol. The summed E-state index contributed by atoms with van der Waals surface area (Å²) < 4.78 is 0. The normalized spacial score (nSPS) is 34.4. The van der Waals surface area contributed by atoms with Crippen molar-refractivity contribution in [2.24, 2.45) is 17.8 Å². The number of piperazine rings is 1. The van der Waals surface area contributed by atoms with Crippen molar-refractivity contribution in [3.63, 3.8) is 0 Å². The van der Waals surface area contributed by atoms with Crippen LogP contribution in [0, 0.1) is 17.8 Å². The SMILES string of the molecule is CC(C)C1CN(CC2CC2C)C(c2ccccc2)CN1. The molecule has 20 heavy (non-hydrogen) atoms. The Bertz CT molecular complexity index is 428. The maximum atomic E-state index is 3.76. The Hall–Kier alpha value is -0.860. The van der Waals surface area contributed by atoms with Gasteiger partial charge in [0.1, 0.15) is 0 Å². The maximum absolute atomic E-state index is 3.76. The van der Waals surface area contributed by atoms with Gasteiger partial charge in [0.25, 0.3) is 0 Å². The Labute approximate surface area is 123 Å². The van der Waals surface area contributed by atoms with Crippen molar-refractivity contribution in [2.45, 2.75) is 39.3 Å². The molecule has 1 aromatic rings. The largest absolute Gasteiger partial charge is 0.311 e. The maximum Gasteiger partial charge on any atom is 0.0473 e. The third-order valence-corrected chi connectivity index (χ3v) is 5.18. The lowest BCUT2D eigenvalue weighted by atomic mass is 9.95. The molecule has 2 nitrogen and oxygen atoms in total. The van der Waals surface area contributed by atoms with Gasteiger partial charge in [0.05, 0.1) is 0 Å². The zero-order valence-electron chi connectivity index (χ0n) is 13.0. The Kier molecular flexibility index (Phi) is 4.13. The van der Waals surface area contributed by atoms with Crippen LogP contribution in [0.1, 0.15) is 38.8 Å². The van der Waals surface area contributed by atoms with Gasteiger partial charge in [0.2, 0.25) is 0 Å². The number of hydrogen-bond donors (Lipinski definition) is 1. The van der Waals surface area contributed by atoms with Crippen LogP contribution in [-0.2, 0) is 0 Å². The molecule has 1 aliphatic carbocycles. The van der Waals surface area contributed by atoms with Gasteiger partial charge in [-0.05, 0) is 29.7 Å². The van der Waals surface area contributed by atoms with Crippen LogP contribution in [0.15, 0.2) is 30.3 Å². The summed E-state index contributed by atoms with van der Waals surface area (Å²) in [7, 11) is 0. The van der Waals surface area contributed by atoms with Crippen molar-refractivity contribution in [1.29, 1.82) is 0 Å². The van der Waals surface area contributed by atoms with Crippen LogP contribution in [0.3, 0.4) is 0 Å². The molecule has 1 aliphatic heterocycles. The lowest BCUT2D eigenvalue weighted by molar-refractivity contribution is 0.107. The Balaban J connectivity index is 1.73. The molecular weight excluding hydrogens is 244 g/mol. The summed E-state index contributed by atoms with van der Waals surface area (Å²) in [5.74, 6) is 2.59. The highest BCUT2D eigenvalue weighted by Gasteiger charge is 2.38. The van der Waals surface area contributed by atoms with Gasteiger partial charge in [-0.3, -0.25) is 4.90 Å². The zero-order chi connectivity index (χ0) is 14.1. The predicted octanol–water partition coefficient (Wildman–Crippen LogP) is 3.31. The first kappa shape index (κ1) is 14.1. The summed E-state index contributed by atoms with van der Waals surface area (Å²) in [6.45, 7) is 10.6. The van der Waals surface area contributed by atoms with Gasteiger partial charge in [-0.25, -0.2) is 0 Å². The molecule has 1 heterocycles. The molecule has 110 valence electrons. The second-order valence-corrected chi connectivity index (χ2v) is 7.11. The molecule has 0 bridgehead atoms. The topological polar surface area (TPSA) is 15.3 Å². The minimum atomic E-state index is 0.555. The van der Waals surface area contributed by atoms with E-state index in [4.69, 9.17) is 0 Å². The second-order valence-electron chi connectivity index (χ2n) is 7.11. The van der Waals surface area contributed by atoms with E-state index in [1.165, 1.54) is 25.1 Å². The summed E-state index contributed by atoms with van der Waals surface area (Å²) in [6.07, 6.45) is 1.43. The molecule has 2 aliphatic rings. The van der Waals surface area contributed by atoms with Crippen LogP contribution < -0.4 is 5.32 Å². The van der Waals surface area contributed by atoms with E-state index in [9.17, 15) is 0 Å². The Morgan fingerprint density at radius 2 is 1.95 bits per heavy atom. The summed E-state index contributed by atoms with van der Waals surface area (Å²) >= 11 is 0. The molecule has 1 saturated carbocycles. The monoisotopic (exact) mass is 272 g/mol. The molecule has 1 N–H and O–H groups in total. The van der Waals surface area contributed by atoms with Gasteiger partial charge in [-0.1, -0.05) is 51.1 Å². The molecule has 4 atom stereocenters. The molecule has 1 saturated heterocycles. The highest BCUT2D eigenvalue weighted by Crippen LogP contribution is 2.40. The molecular formula is C18H28N2. The number of rotatable bonds is 4. The number of benzene rings is 1. The van der Waals surface area contributed by atoms with Gasteiger partial charge in [-0.2, -0.15) is 0 Å². The highest BCUT2D eigenvalue weighted by molar-refractivity contribution is 5.20. The van der Waals surface area contributed by atoms with E-state index >= 15 is 0 Å². The van der Waals surface area contributed by atoms with Gasteiger partial charge in [-0.15, -0.1) is 0 Å². The first-order valence-corrected chi connectivity index (χ1v) is 8.17. The minimum absolute atomic E-state index is 0.555. The fraction of sp³-hybridized carbons (Fsp3) is 0.667. The molecule has 0 aromatic heterocycles. The van der Waals surface area contributed by atoms with E-state index in [2.05, 4.69) is 61.3 Å². The number of nitrogens with one attached hydrogen (secondary N) is 1. The van der Waals surface area contributed by atoms with Crippen molar-refractivity contribution in [3.05, 3.63) is 35.9 Å². The van der Waals surface area contributed by atoms with Crippen molar-refractivity contribution >= 4 is 0 Å². The van der Waals surface area contributed by atoms with E-state index in [1.807, 2.05) is 0 Å². The number of nitrogens with zero attached hydrogens (tertiary/aromatic N) is 1. The second kappa shape index (κ2) is 5.87. The van der Waals surface area contributed by atoms with Crippen LogP contribution in [0.5, 0.6) is 0 Å². The molecule has 0 spiro atoms. The molecule has 4 unspecified atom stereocenters. The summed E-state index contributed by atoms with van der Waals surface area (Å²) in [5, 5.41) is 3.76. The van der Waals surface area contributed by atoms with Crippen molar-refractivity contribution < 1.29 is 0 Å². The van der Waals surface area contributed by atoms with E-state index in [1.54, 1.807) is 0 Å². The lowest BCUT2D eigenvalue weighted by Gasteiger charge is -2.42. The van der Waals surface area contributed by atoms with Crippen molar-refractivity contribution in [2.75, 3.05) is 19.6 Å². The van der Waals surface area contributed by atoms with E-state index < -0.39 is 0 Å². The van der Waals surface area contributed by atoms with Crippen molar-refractivity contribution in [1.82, 2.24) is 10.2 Å². The first-order chi connectivity index (χ1) is 9.65. The fourth-order valence-corrected chi connectivity index (χ4v) is 3.44. The third kappa shape index (κ3) is 3.07. The number of hydrogen-bond acceptors (Lipinski definition) is 2. The van der Waals surface area contributed by atoms with Crippen LogP contribution in [-0.4, -0.2) is 30.6 Å². The third-order valence-electron chi connectivity index (χ3n) is 5.18. The average molecular weight is 272 g/mol. The molecule has 0 amide bonds. The van der Waals surface area contributed by atoms with E-state index in [0.29, 0.717) is 18.0 Å². The molecule has 1 aromatic carbocycles. The van der Waals surface area contributed by atoms with Gasteiger partial charge in [0, 0.05) is 31.7 Å². The van der Waals surface area contributed by atoms with Crippen LogP contribution in [0.25, 0.3) is 0 Å². The minimum Gasteiger partial charge on any atom is -0.311 e. The molecule has 3 rings (SSSR count). The first-order valence-electron chi connectivity index (χ1n) is 8.17. The van der Waals surface area contributed by atoms with E-state index in [-0.39, 0.29) is 0 Å². The highest BCUT2D eigenvalue weighted by atomic mass is 15.2. The fourth-order valence-electron chi connectivity index (χ4n) is 3.44. The Morgan fingerprint density at radius 1 is 1.25 bits per heavy atom. The quantitative estimate of drug-likeness (QED) is 0.904. The summed E-state index contributed by atoms with van der Waals surface area (Å²) in [6, 6.07) is 12.2. The van der Waals surface area contributed by atoms with Crippen LogP contribution in [0.4, 0.5) is 0 Å². The van der Waals surface area contributed by atoms with Crippen LogP contribution in [0.2, 0.25) is 0 Å². The van der Waals surface area contributed by atoms with Crippen molar-refractivity contribution in [3.8, 4) is 0 Å². The van der Waals surface area contributed by atoms with Crippen LogP contribution >= 0.6 is 0 Å². The van der Waals surface area contributed by atoms with E-state index in [0.717, 1.165) is 18.4 Å².